The van der Waals surface area contributed by atoms with E-state index in [1.165, 1.54) is 11.3 Å². The predicted molar refractivity (Wildman–Crippen MR) is 100 cm³/mol. The summed E-state index contributed by atoms with van der Waals surface area (Å²) in [6.45, 7) is 0. The molecular weight excluding hydrogens is 378 g/mol. The van der Waals surface area contributed by atoms with E-state index in [1.807, 2.05) is 10.9 Å². The highest BCUT2D eigenvalue weighted by atomic mass is 32.2. The van der Waals surface area contributed by atoms with Crippen LogP contribution in [0.25, 0.3) is 11.6 Å². The van der Waals surface area contributed by atoms with E-state index in [0.717, 1.165) is 11.8 Å². The number of benzene rings is 1. The molecule has 0 radical (unpaired) electrons. The van der Waals surface area contributed by atoms with Gasteiger partial charge in [-0.2, -0.15) is 19.8 Å². The van der Waals surface area contributed by atoms with Gasteiger partial charge in [0.05, 0.1) is 13.4 Å². The van der Waals surface area contributed by atoms with E-state index < -0.39 is 22.0 Å². The Labute approximate surface area is 155 Å². The number of amides is 1. The molecule has 3 N–H and O–H groups in total. The second-order valence-corrected chi connectivity index (χ2v) is 7.42. The first-order chi connectivity index (χ1) is 12.3. The summed E-state index contributed by atoms with van der Waals surface area (Å²) in [7, 11) is -2.26. The van der Waals surface area contributed by atoms with E-state index in [0.29, 0.717) is 16.9 Å². The van der Waals surface area contributed by atoms with Crippen LogP contribution >= 0.6 is 11.3 Å². The molecule has 0 spiro atoms. The molecule has 10 heteroatoms. The Morgan fingerprint density at radius 1 is 1.31 bits per heavy atom. The summed E-state index contributed by atoms with van der Waals surface area (Å²) in [6, 6.07) is 8.90. The van der Waals surface area contributed by atoms with Crippen LogP contribution in [0.2, 0.25) is 0 Å². The fourth-order valence-corrected chi connectivity index (χ4v) is 2.81. The number of carbonyl (C=O) groups is 1. The molecule has 0 atom stereocenters. The van der Waals surface area contributed by atoms with Gasteiger partial charge in [-0.3, -0.25) is 15.5 Å². The van der Waals surface area contributed by atoms with E-state index in [9.17, 15) is 13.2 Å². The minimum absolute atomic E-state index is 0.297. The lowest BCUT2D eigenvalue weighted by molar-refractivity contribution is -0.114. The molecule has 2 rings (SSSR count). The van der Waals surface area contributed by atoms with Gasteiger partial charge in [-0.25, -0.2) is 5.48 Å². The summed E-state index contributed by atoms with van der Waals surface area (Å²) in [5, 5.41) is 13.4. The fourth-order valence-electron chi connectivity index (χ4n) is 1.92. The molecule has 138 valence electrons. The minimum atomic E-state index is -3.80. The molecule has 0 unspecified atom stereocenters. The monoisotopic (exact) mass is 395 g/mol. The summed E-state index contributed by atoms with van der Waals surface area (Å²) in [5.74, 6) is -0.562. The van der Waals surface area contributed by atoms with E-state index in [2.05, 4.69) is 9.60 Å². The van der Waals surface area contributed by atoms with Crippen LogP contribution in [0, 0.1) is 5.41 Å². The summed E-state index contributed by atoms with van der Waals surface area (Å²) in [6.07, 6.45) is 2.46. The third-order valence-electron chi connectivity index (χ3n) is 3.02. The van der Waals surface area contributed by atoms with Gasteiger partial charge in [0.1, 0.15) is 5.75 Å². The summed E-state index contributed by atoms with van der Waals surface area (Å²) in [4.78, 5) is 12.5. The molecule has 0 aliphatic carbocycles. The Bertz CT molecular complexity index is 921. The summed E-state index contributed by atoms with van der Waals surface area (Å²) >= 11 is 1.42. The maximum absolute atomic E-state index is 12.5. The highest BCUT2D eigenvalue weighted by Crippen LogP contribution is 2.23. The van der Waals surface area contributed by atoms with Crippen LogP contribution in [0.15, 0.2) is 41.1 Å². The maximum Gasteiger partial charge on any atom is 0.285 e. The van der Waals surface area contributed by atoms with Gasteiger partial charge < -0.3 is 4.74 Å². The van der Waals surface area contributed by atoms with Crippen molar-refractivity contribution in [2.45, 2.75) is 0 Å². The summed E-state index contributed by atoms with van der Waals surface area (Å²) in [5.41, 5.74) is 3.54. The smallest absolute Gasteiger partial charge is 0.285 e. The number of thiophene rings is 1. The second kappa shape index (κ2) is 8.61. The Kier molecular flexibility index (Phi) is 6.50. The first-order valence-corrected chi connectivity index (χ1v) is 9.97. The molecule has 26 heavy (non-hydrogen) atoms. The number of carbonyl (C=O) groups excluding carboxylic acids is 1. The Morgan fingerprint density at radius 3 is 2.69 bits per heavy atom. The largest absolute Gasteiger partial charge is 0.497 e. The van der Waals surface area contributed by atoms with Crippen molar-refractivity contribution in [3.8, 4) is 5.75 Å². The highest BCUT2D eigenvalue weighted by molar-refractivity contribution is 7.85. The predicted octanol–water partition coefficient (Wildman–Crippen LogP) is 1.83. The highest BCUT2D eigenvalue weighted by Gasteiger charge is 2.15. The molecule has 0 saturated carbocycles. The van der Waals surface area contributed by atoms with Crippen LogP contribution in [0.3, 0.4) is 0 Å². The first kappa shape index (κ1) is 19.6. The van der Waals surface area contributed by atoms with Crippen LogP contribution in [-0.4, -0.2) is 33.7 Å². The number of hydroxylamine groups is 1. The molecule has 1 heterocycles. The molecule has 0 bridgehead atoms. The molecule has 1 amide bonds. The topological polar surface area (TPSA) is 118 Å². The van der Waals surface area contributed by atoms with E-state index in [1.54, 1.807) is 48.9 Å². The molecule has 8 nitrogen and oxygen atoms in total. The Hall–Kier alpha value is -2.69. The lowest BCUT2D eigenvalue weighted by Gasteiger charge is -2.10. The standard InChI is InChI=1S/C16H17N3O5S2/c1-23-13-5-3-4-11(8-13)9-14(12-6-7-25-10-12)15(20)18-16(17)19-24-26(2,21)22/h3-10H,1-2H3,(H3,17,18,19,20)/b14-9+. The van der Waals surface area contributed by atoms with E-state index in [4.69, 9.17) is 10.1 Å². The van der Waals surface area contributed by atoms with Gasteiger partial charge in [-0.05, 0) is 46.2 Å². The average Bonchev–Trinajstić information content (AvgIpc) is 3.11. The molecule has 0 fully saturated rings. The maximum atomic E-state index is 12.5. The van der Waals surface area contributed by atoms with Gasteiger partial charge in [-0.1, -0.05) is 12.1 Å². The third kappa shape index (κ3) is 5.99. The van der Waals surface area contributed by atoms with Crippen molar-refractivity contribution in [3.63, 3.8) is 0 Å². The molecule has 0 aliphatic heterocycles. The molecule has 1 aromatic heterocycles. The number of guanidine groups is 1. The van der Waals surface area contributed by atoms with Gasteiger partial charge in [0, 0.05) is 5.57 Å². The summed E-state index contributed by atoms with van der Waals surface area (Å²) < 4.78 is 31.3. The van der Waals surface area contributed by atoms with Crippen LogP contribution in [0.5, 0.6) is 5.75 Å². The van der Waals surface area contributed by atoms with Crippen LogP contribution < -0.4 is 15.5 Å². The van der Waals surface area contributed by atoms with Crippen LogP contribution in [0.1, 0.15) is 11.1 Å². The second-order valence-electron chi connectivity index (χ2n) is 5.07. The fraction of sp³-hybridized carbons (Fsp3) is 0.125. The molecule has 0 saturated heterocycles. The van der Waals surface area contributed by atoms with Crippen molar-refractivity contribution < 1.29 is 22.2 Å². The normalized spacial score (nSPS) is 11.7. The zero-order valence-electron chi connectivity index (χ0n) is 14.0. The first-order valence-electron chi connectivity index (χ1n) is 7.21. The quantitative estimate of drug-likeness (QED) is 0.297. The van der Waals surface area contributed by atoms with Gasteiger partial charge >= 0.3 is 0 Å². The van der Waals surface area contributed by atoms with Crippen LogP contribution in [0.4, 0.5) is 0 Å². The Balaban J connectivity index is 2.23. The van der Waals surface area contributed by atoms with Gasteiger partial charge in [0.25, 0.3) is 16.0 Å². The van der Waals surface area contributed by atoms with Crippen molar-refractivity contribution in [3.05, 3.63) is 52.2 Å². The third-order valence-corrected chi connectivity index (χ3v) is 4.08. The van der Waals surface area contributed by atoms with Crippen LogP contribution in [-0.2, 0) is 19.2 Å². The zero-order valence-corrected chi connectivity index (χ0v) is 15.6. The number of ether oxygens (including phenoxy) is 1. The van der Waals surface area contributed by atoms with Crippen molar-refractivity contribution >= 4 is 45.0 Å². The van der Waals surface area contributed by atoms with Gasteiger partial charge in [0.2, 0.25) is 5.96 Å². The molecule has 0 aliphatic rings. The lowest BCUT2D eigenvalue weighted by Crippen LogP contribution is -2.41. The zero-order chi connectivity index (χ0) is 19.2. The average molecular weight is 395 g/mol. The van der Waals surface area contributed by atoms with Gasteiger partial charge in [0.15, 0.2) is 0 Å². The SMILES string of the molecule is COc1cccc(/C=C(/C(=O)NC(=N)NOS(C)(=O)=O)c2ccsc2)c1. The lowest BCUT2D eigenvalue weighted by atomic mass is 10.0. The number of hydrogen-bond donors (Lipinski definition) is 3. The number of nitrogens with one attached hydrogen (secondary N) is 3. The van der Waals surface area contributed by atoms with Gasteiger partial charge in [-0.15, -0.1) is 4.28 Å². The van der Waals surface area contributed by atoms with Crippen molar-refractivity contribution in [2.24, 2.45) is 0 Å². The number of rotatable bonds is 6. The minimum Gasteiger partial charge on any atom is -0.497 e. The van der Waals surface area contributed by atoms with E-state index in [-0.39, 0.29) is 0 Å². The Morgan fingerprint density at radius 2 is 2.08 bits per heavy atom. The van der Waals surface area contributed by atoms with E-state index >= 15 is 0 Å². The van der Waals surface area contributed by atoms with Crippen molar-refractivity contribution in [2.75, 3.05) is 13.4 Å². The molecule has 1 aromatic carbocycles. The number of methoxy groups -OCH3 is 1. The van der Waals surface area contributed by atoms with Crippen molar-refractivity contribution in [1.82, 2.24) is 10.8 Å². The van der Waals surface area contributed by atoms with Crippen molar-refractivity contribution in [1.29, 1.82) is 5.41 Å². The molecule has 2 aromatic rings. The number of hydrogen-bond acceptors (Lipinski definition) is 7. The molecular formula is C16H17N3O5S2.